The lowest BCUT2D eigenvalue weighted by molar-refractivity contribution is 0.171. The van der Waals surface area contributed by atoms with Crippen molar-refractivity contribution in [3.63, 3.8) is 0 Å². The largest absolute Gasteiger partial charge is 0.497 e. The molecule has 2 aromatic rings. The van der Waals surface area contributed by atoms with Crippen molar-refractivity contribution in [1.82, 2.24) is 15.1 Å². The molecule has 136 valence electrons. The molecule has 6 heteroatoms. The third-order valence-corrected chi connectivity index (χ3v) is 4.70. The molecule has 1 aromatic carbocycles. The van der Waals surface area contributed by atoms with Gasteiger partial charge in [0.25, 0.3) is 0 Å². The van der Waals surface area contributed by atoms with Crippen molar-refractivity contribution in [2.75, 3.05) is 38.2 Å². The highest BCUT2D eigenvalue weighted by atomic mass is 16.5. The number of anilines is 1. The smallest absolute Gasteiger partial charge is 0.233 e. The van der Waals surface area contributed by atoms with E-state index in [1.807, 2.05) is 12.1 Å². The average molecular weight is 344 g/mol. The summed E-state index contributed by atoms with van der Waals surface area (Å²) in [4.78, 5) is 4.80. The normalized spacial score (nSPS) is 17.1. The minimum absolute atomic E-state index is 0.154. The SMILES string of the molecule is COc1cccc(N2CCN(C(C)c3nnc(CC(C)C)o3)CC2)c1. The molecule has 1 aliphatic heterocycles. The van der Waals surface area contributed by atoms with Crippen molar-refractivity contribution in [3.8, 4) is 5.75 Å². The van der Waals surface area contributed by atoms with Gasteiger partial charge in [-0.2, -0.15) is 0 Å². The molecule has 2 heterocycles. The van der Waals surface area contributed by atoms with Crippen LogP contribution in [0.25, 0.3) is 0 Å². The molecule has 1 atom stereocenters. The zero-order valence-electron chi connectivity index (χ0n) is 15.6. The molecule has 0 radical (unpaired) electrons. The first-order valence-corrected chi connectivity index (χ1v) is 9.02. The van der Waals surface area contributed by atoms with E-state index in [0.29, 0.717) is 5.92 Å². The Balaban J connectivity index is 1.58. The molecule has 0 bridgehead atoms. The maximum atomic E-state index is 5.86. The second-order valence-corrected chi connectivity index (χ2v) is 7.03. The van der Waals surface area contributed by atoms with E-state index in [-0.39, 0.29) is 6.04 Å². The maximum Gasteiger partial charge on any atom is 0.233 e. The van der Waals surface area contributed by atoms with E-state index < -0.39 is 0 Å². The number of hydrogen-bond acceptors (Lipinski definition) is 6. The summed E-state index contributed by atoms with van der Waals surface area (Å²) in [7, 11) is 1.71. The lowest BCUT2D eigenvalue weighted by Gasteiger charge is -2.38. The van der Waals surface area contributed by atoms with Crippen LogP contribution in [0.15, 0.2) is 28.7 Å². The van der Waals surface area contributed by atoms with Crippen LogP contribution in [0, 0.1) is 5.92 Å². The lowest BCUT2D eigenvalue weighted by atomic mass is 10.1. The molecule has 0 saturated carbocycles. The van der Waals surface area contributed by atoms with Gasteiger partial charge in [-0.15, -0.1) is 10.2 Å². The predicted octanol–water partition coefficient (Wildman–Crippen LogP) is 3.16. The van der Waals surface area contributed by atoms with E-state index in [1.165, 1.54) is 5.69 Å². The Kier molecular flexibility index (Phi) is 5.58. The van der Waals surface area contributed by atoms with Gasteiger partial charge >= 0.3 is 0 Å². The predicted molar refractivity (Wildman–Crippen MR) is 98.0 cm³/mol. The van der Waals surface area contributed by atoms with Gasteiger partial charge in [0.15, 0.2) is 0 Å². The first-order valence-electron chi connectivity index (χ1n) is 9.02. The summed E-state index contributed by atoms with van der Waals surface area (Å²) in [6, 6.07) is 8.40. The van der Waals surface area contributed by atoms with Crippen LogP contribution in [-0.2, 0) is 6.42 Å². The molecule has 1 unspecified atom stereocenters. The lowest BCUT2D eigenvalue weighted by Crippen LogP contribution is -2.47. The number of benzene rings is 1. The van der Waals surface area contributed by atoms with E-state index in [4.69, 9.17) is 9.15 Å². The van der Waals surface area contributed by atoms with Gasteiger partial charge in [0.2, 0.25) is 11.8 Å². The molecule has 0 aliphatic carbocycles. The van der Waals surface area contributed by atoms with Gasteiger partial charge in [0.1, 0.15) is 5.75 Å². The monoisotopic (exact) mass is 344 g/mol. The number of ether oxygens (including phenoxy) is 1. The van der Waals surface area contributed by atoms with Crippen LogP contribution in [0.1, 0.15) is 38.6 Å². The molecule has 0 N–H and O–H groups in total. The molecule has 1 fully saturated rings. The molecule has 6 nitrogen and oxygen atoms in total. The first-order chi connectivity index (χ1) is 12.1. The van der Waals surface area contributed by atoms with Crippen molar-refractivity contribution in [1.29, 1.82) is 0 Å². The Labute approximate surface area is 149 Å². The number of methoxy groups -OCH3 is 1. The van der Waals surface area contributed by atoms with E-state index in [1.54, 1.807) is 7.11 Å². The number of aromatic nitrogens is 2. The van der Waals surface area contributed by atoms with Crippen molar-refractivity contribution < 1.29 is 9.15 Å². The highest BCUT2D eigenvalue weighted by molar-refractivity contribution is 5.51. The van der Waals surface area contributed by atoms with Crippen LogP contribution >= 0.6 is 0 Å². The zero-order chi connectivity index (χ0) is 17.8. The van der Waals surface area contributed by atoms with Gasteiger partial charge in [-0.3, -0.25) is 4.90 Å². The summed E-state index contributed by atoms with van der Waals surface area (Å²) < 4.78 is 11.2. The molecular formula is C19H28N4O2. The third-order valence-electron chi connectivity index (χ3n) is 4.70. The molecule has 0 spiro atoms. The van der Waals surface area contributed by atoms with Gasteiger partial charge in [-0.1, -0.05) is 19.9 Å². The Morgan fingerprint density at radius 3 is 2.56 bits per heavy atom. The Morgan fingerprint density at radius 2 is 1.88 bits per heavy atom. The van der Waals surface area contributed by atoms with Gasteiger partial charge in [0, 0.05) is 44.4 Å². The summed E-state index contributed by atoms with van der Waals surface area (Å²) in [5, 5.41) is 8.44. The maximum absolute atomic E-state index is 5.86. The fourth-order valence-corrected chi connectivity index (χ4v) is 3.20. The molecule has 25 heavy (non-hydrogen) atoms. The van der Waals surface area contributed by atoms with Gasteiger partial charge in [-0.25, -0.2) is 0 Å². The summed E-state index contributed by atoms with van der Waals surface area (Å²) in [6.07, 6.45) is 0.837. The molecular weight excluding hydrogens is 316 g/mol. The Bertz CT molecular complexity index is 678. The Morgan fingerprint density at radius 1 is 1.12 bits per heavy atom. The summed E-state index contributed by atoms with van der Waals surface area (Å²) >= 11 is 0. The standard InChI is InChI=1S/C19H28N4O2/c1-14(2)12-18-20-21-19(25-18)15(3)22-8-10-23(11-9-22)16-6-5-7-17(13-16)24-4/h5-7,13-15H,8-12H2,1-4H3. The van der Waals surface area contributed by atoms with E-state index in [9.17, 15) is 0 Å². The van der Waals surface area contributed by atoms with E-state index in [2.05, 4.69) is 52.9 Å². The highest BCUT2D eigenvalue weighted by Gasteiger charge is 2.26. The Hall–Kier alpha value is -2.08. The highest BCUT2D eigenvalue weighted by Crippen LogP contribution is 2.25. The van der Waals surface area contributed by atoms with Crippen LogP contribution < -0.4 is 9.64 Å². The van der Waals surface area contributed by atoms with Crippen molar-refractivity contribution >= 4 is 5.69 Å². The first kappa shape index (κ1) is 17.7. The average Bonchev–Trinajstić information content (AvgIpc) is 3.09. The second-order valence-electron chi connectivity index (χ2n) is 7.03. The summed E-state index contributed by atoms with van der Waals surface area (Å²) in [5.74, 6) is 2.89. The minimum Gasteiger partial charge on any atom is -0.497 e. The number of hydrogen-bond donors (Lipinski definition) is 0. The quantitative estimate of drug-likeness (QED) is 0.802. The van der Waals surface area contributed by atoms with Gasteiger partial charge in [-0.05, 0) is 25.0 Å². The fraction of sp³-hybridized carbons (Fsp3) is 0.579. The van der Waals surface area contributed by atoms with Crippen LogP contribution in [-0.4, -0.2) is 48.4 Å². The minimum atomic E-state index is 0.154. The molecule has 1 saturated heterocycles. The van der Waals surface area contributed by atoms with Crippen molar-refractivity contribution in [2.45, 2.75) is 33.2 Å². The molecule has 3 rings (SSSR count). The van der Waals surface area contributed by atoms with Gasteiger partial charge < -0.3 is 14.1 Å². The van der Waals surface area contributed by atoms with Crippen LogP contribution in [0.3, 0.4) is 0 Å². The summed E-state index contributed by atoms with van der Waals surface area (Å²) in [5.41, 5.74) is 1.21. The molecule has 0 amide bonds. The summed E-state index contributed by atoms with van der Waals surface area (Å²) in [6.45, 7) is 10.4. The second kappa shape index (κ2) is 7.87. The number of piperazine rings is 1. The third kappa shape index (κ3) is 4.31. The number of nitrogens with zero attached hydrogens (tertiary/aromatic N) is 4. The van der Waals surface area contributed by atoms with Crippen LogP contribution in [0.4, 0.5) is 5.69 Å². The zero-order valence-corrected chi connectivity index (χ0v) is 15.6. The molecule has 1 aromatic heterocycles. The van der Waals surface area contributed by atoms with E-state index in [0.717, 1.165) is 50.1 Å². The molecule has 1 aliphatic rings. The van der Waals surface area contributed by atoms with Gasteiger partial charge in [0.05, 0.1) is 13.2 Å². The van der Waals surface area contributed by atoms with Crippen LogP contribution in [0.5, 0.6) is 5.75 Å². The topological polar surface area (TPSA) is 54.6 Å². The van der Waals surface area contributed by atoms with E-state index >= 15 is 0 Å². The number of rotatable bonds is 6. The fourth-order valence-electron chi connectivity index (χ4n) is 3.20. The van der Waals surface area contributed by atoms with Crippen molar-refractivity contribution in [3.05, 3.63) is 36.0 Å². The van der Waals surface area contributed by atoms with Crippen molar-refractivity contribution in [2.24, 2.45) is 5.92 Å². The van der Waals surface area contributed by atoms with Crippen LogP contribution in [0.2, 0.25) is 0 Å².